The van der Waals surface area contributed by atoms with E-state index in [1.165, 1.54) is 4.90 Å². The maximum absolute atomic E-state index is 12.8. The van der Waals surface area contributed by atoms with Gasteiger partial charge in [0.15, 0.2) is 19.0 Å². The number of carbonyl (C=O) groups excluding carboxylic acids is 3. The van der Waals surface area contributed by atoms with Gasteiger partial charge < -0.3 is 19.7 Å². The Morgan fingerprint density at radius 3 is 2.68 bits per heavy atom. The van der Waals surface area contributed by atoms with Crippen LogP contribution < -0.4 is 19.7 Å². The summed E-state index contributed by atoms with van der Waals surface area (Å²) >= 11 is 5.95. The molecule has 1 atom stereocenters. The zero-order valence-electron chi connectivity index (χ0n) is 19.7. The molecule has 1 aliphatic heterocycles. The van der Waals surface area contributed by atoms with Gasteiger partial charge in [-0.05, 0) is 56.4 Å². The molecule has 1 unspecified atom stereocenters. The van der Waals surface area contributed by atoms with E-state index in [0.29, 0.717) is 34.3 Å². The Hall–Kier alpha value is -3.10. The second-order valence-electron chi connectivity index (χ2n) is 7.90. The molecule has 34 heavy (non-hydrogen) atoms. The van der Waals surface area contributed by atoms with E-state index in [1.807, 2.05) is 0 Å². The summed E-state index contributed by atoms with van der Waals surface area (Å²) < 4.78 is 11.1. The first-order valence-corrected chi connectivity index (χ1v) is 11.7. The molecule has 1 aliphatic rings. The number of nitrogens with zero attached hydrogens (tertiary/aromatic N) is 2. The zero-order valence-corrected chi connectivity index (χ0v) is 20.4. The topological polar surface area (TPSA) is 88.2 Å². The van der Waals surface area contributed by atoms with Crippen LogP contribution in [0.3, 0.4) is 0 Å². The van der Waals surface area contributed by atoms with Crippen molar-refractivity contribution in [3.05, 3.63) is 53.1 Å². The number of benzene rings is 2. The SMILES string of the molecule is CCN(CC)CCNC(=O)C(C)N1C(=O)COc2ccc(C(=O)COc3cccc(Cl)c3)cc21. The molecule has 0 bridgehead atoms. The standard InChI is InChI=1S/C25H30ClN3O5/c1-4-28(5-2)12-11-27-25(32)17(3)29-21-13-18(9-10-23(21)34-16-24(29)31)22(30)15-33-20-8-6-7-19(26)14-20/h6-10,13-14,17H,4-5,11-12,15-16H2,1-3H3,(H,27,32). The molecule has 182 valence electrons. The number of Topliss-reactive ketones (excluding diaryl/α,β-unsaturated/α-hetero) is 1. The Morgan fingerprint density at radius 2 is 1.97 bits per heavy atom. The lowest BCUT2D eigenvalue weighted by Gasteiger charge is -2.33. The van der Waals surface area contributed by atoms with Crippen molar-refractivity contribution in [1.82, 2.24) is 10.2 Å². The van der Waals surface area contributed by atoms with E-state index >= 15 is 0 Å². The number of carbonyl (C=O) groups is 3. The van der Waals surface area contributed by atoms with Gasteiger partial charge in [-0.15, -0.1) is 0 Å². The summed E-state index contributed by atoms with van der Waals surface area (Å²) in [6, 6.07) is 10.8. The second kappa shape index (κ2) is 11.9. The van der Waals surface area contributed by atoms with Crippen molar-refractivity contribution in [1.29, 1.82) is 0 Å². The number of anilines is 1. The van der Waals surface area contributed by atoms with Crippen molar-refractivity contribution in [2.75, 3.05) is 44.3 Å². The molecule has 0 radical (unpaired) electrons. The number of fused-ring (bicyclic) bond motifs is 1. The Morgan fingerprint density at radius 1 is 1.21 bits per heavy atom. The first kappa shape index (κ1) is 25.5. The van der Waals surface area contributed by atoms with Gasteiger partial charge in [0.2, 0.25) is 5.91 Å². The summed E-state index contributed by atoms with van der Waals surface area (Å²) in [6.45, 7) is 8.43. The van der Waals surface area contributed by atoms with Crippen LogP contribution in [0.15, 0.2) is 42.5 Å². The molecule has 0 saturated carbocycles. The van der Waals surface area contributed by atoms with Crippen LogP contribution in [-0.4, -0.2) is 67.9 Å². The largest absolute Gasteiger partial charge is 0.485 e. The molecule has 0 aliphatic carbocycles. The monoisotopic (exact) mass is 487 g/mol. The smallest absolute Gasteiger partial charge is 0.265 e. The highest BCUT2D eigenvalue weighted by Crippen LogP contribution is 2.34. The summed E-state index contributed by atoms with van der Waals surface area (Å²) in [5.41, 5.74) is 0.731. The number of likely N-dealkylation sites (N-methyl/N-ethyl adjacent to an activating group) is 1. The molecule has 9 heteroatoms. The molecule has 2 aromatic carbocycles. The number of hydrogen-bond acceptors (Lipinski definition) is 6. The molecular weight excluding hydrogens is 458 g/mol. The fourth-order valence-electron chi connectivity index (χ4n) is 3.70. The molecule has 0 aromatic heterocycles. The van der Waals surface area contributed by atoms with Gasteiger partial charge in [0.1, 0.15) is 17.5 Å². The number of amides is 2. The molecule has 0 saturated heterocycles. The fourth-order valence-corrected chi connectivity index (χ4v) is 3.88. The fraction of sp³-hybridized carbons (Fsp3) is 0.400. The zero-order chi connectivity index (χ0) is 24.7. The van der Waals surface area contributed by atoms with Gasteiger partial charge in [0.05, 0.1) is 5.69 Å². The minimum atomic E-state index is -0.764. The predicted octanol–water partition coefficient (Wildman–Crippen LogP) is 3.17. The molecule has 3 rings (SSSR count). The van der Waals surface area contributed by atoms with Gasteiger partial charge in [0.25, 0.3) is 5.91 Å². The first-order chi connectivity index (χ1) is 16.3. The van der Waals surface area contributed by atoms with Crippen molar-refractivity contribution < 1.29 is 23.9 Å². The van der Waals surface area contributed by atoms with Crippen molar-refractivity contribution in [2.24, 2.45) is 0 Å². The number of nitrogens with one attached hydrogen (secondary N) is 1. The Kier molecular flexibility index (Phi) is 8.90. The average Bonchev–Trinajstić information content (AvgIpc) is 2.84. The van der Waals surface area contributed by atoms with Crippen molar-refractivity contribution >= 4 is 34.9 Å². The van der Waals surface area contributed by atoms with Crippen LogP contribution in [0.5, 0.6) is 11.5 Å². The number of hydrogen-bond donors (Lipinski definition) is 1. The summed E-state index contributed by atoms with van der Waals surface area (Å²) in [5.74, 6) is 0.0220. The molecule has 2 aromatic rings. The van der Waals surface area contributed by atoms with Crippen molar-refractivity contribution in [3.63, 3.8) is 0 Å². The van der Waals surface area contributed by atoms with Crippen LogP contribution in [0.1, 0.15) is 31.1 Å². The maximum Gasteiger partial charge on any atom is 0.265 e. The van der Waals surface area contributed by atoms with Crippen LogP contribution in [0.25, 0.3) is 0 Å². The van der Waals surface area contributed by atoms with E-state index in [-0.39, 0.29) is 30.8 Å². The van der Waals surface area contributed by atoms with Crippen molar-refractivity contribution in [3.8, 4) is 11.5 Å². The van der Waals surface area contributed by atoms with Crippen molar-refractivity contribution in [2.45, 2.75) is 26.8 Å². The molecule has 2 amide bonds. The molecule has 0 spiro atoms. The number of ether oxygens (including phenoxy) is 2. The Labute approximate surface area is 204 Å². The number of ketones is 1. The summed E-state index contributed by atoms with van der Waals surface area (Å²) in [4.78, 5) is 41.8. The van der Waals surface area contributed by atoms with Gasteiger partial charge in [-0.3, -0.25) is 19.3 Å². The van der Waals surface area contributed by atoms with Gasteiger partial charge >= 0.3 is 0 Å². The maximum atomic E-state index is 12.8. The third-order valence-corrected chi connectivity index (χ3v) is 5.95. The van der Waals surface area contributed by atoms with Gasteiger partial charge in [0, 0.05) is 23.7 Å². The highest BCUT2D eigenvalue weighted by molar-refractivity contribution is 6.30. The molecular formula is C25H30ClN3O5. The number of rotatable bonds is 11. The van der Waals surface area contributed by atoms with Gasteiger partial charge in [-0.25, -0.2) is 0 Å². The number of halogens is 1. The first-order valence-electron chi connectivity index (χ1n) is 11.3. The average molecular weight is 488 g/mol. The second-order valence-corrected chi connectivity index (χ2v) is 8.33. The Balaban J connectivity index is 1.71. The van der Waals surface area contributed by atoms with Crippen LogP contribution >= 0.6 is 11.6 Å². The highest BCUT2D eigenvalue weighted by atomic mass is 35.5. The summed E-state index contributed by atoms with van der Waals surface area (Å²) in [5, 5.41) is 3.41. The van der Waals surface area contributed by atoms with Crippen LogP contribution in [0, 0.1) is 0 Å². The minimum absolute atomic E-state index is 0.171. The van der Waals surface area contributed by atoms with E-state index in [1.54, 1.807) is 49.4 Å². The van der Waals surface area contributed by atoms with Crippen LogP contribution in [-0.2, 0) is 9.59 Å². The lowest BCUT2D eigenvalue weighted by atomic mass is 10.1. The lowest BCUT2D eigenvalue weighted by molar-refractivity contribution is -0.127. The van der Waals surface area contributed by atoms with E-state index in [4.69, 9.17) is 21.1 Å². The normalized spacial score (nSPS) is 13.8. The lowest BCUT2D eigenvalue weighted by Crippen LogP contribution is -2.52. The molecule has 8 nitrogen and oxygen atoms in total. The van der Waals surface area contributed by atoms with E-state index < -0.39 is 6.04 Å². The van der Waals surface area contributed by atoms with E-state index in [9.17, 15) is 14.4 Å². The summed E-state index contributed by atoms with van der Waals surface area (Å²) in [6.07, 6.45) is 0. The minimum Gasteiger partial charge on any atom is -0.485 e. The third-order valence-electron chi connectivity index (χ3n) is 5.71. The van der Waals surface area contributed by atoms with Gasteiger partial charge in [-0.2, -0.15) is 0 Å². The molecule has 0 fully saturated rings. The predicted molar refractivity (Wildman–Crippen MR) is 131 cm³/mol. The quantitative estimate of drug-likeness (QED) is 0.490. The summed E-state index contributed by atoms with van der Waals surface area (Å²) in [7, 11) is 0. The highest BCUT2D eigenvalue weighted by Gasteiger charge is 2.33. The molecule has 1 N–H and O–H groups in total. The Bertz CT molecular complexity index is 1040. The van der Waals surface area contributed by atoms with Crippen LogP contribution in [0.2, 0.25) is 5.02 Å². The van der Waals surface area contributed by atoms with E-state index in [2.05, 4.69) is 24.1 Å². The van der Waals surface area contributed by atoms with E-state index in [0.717, 1.165) is 19.6 Å². The van der Waals surface area contributed by atoms with Gasteiger partial charge in [-0.1, -0.05) is 31.5 Å². The molecule has 1 heterocycles. The third kappa shape index (κ3) is 6.27. The van der Waals surface area contributed by atoms with Crippen LogP contribution in [0.4, 0.5) is 5.69 Å².